The van der Waals surface area contributed by atoms with Gasteiger partial charge < -0.3 is 10.6 Å². The molecule has 0 aliphatic heterocycles. The van der Waals surface area contributed by atoms with Gasteiger partial charge in [-0.1, -0.05) is 25.1 Å². The molecule has 0 fully saturated rings. The predicted molar refractivity (Wildman–Crippen MR) is 103 cm³/mol. The van der Waals surface area contributed by atoms with Crippen LogP contribution in [-0.4, -0.2) is 31.9 Å². The highest BCUT2D eigenvalue weighted by Gasteiger charge is 2.17. The summed E-state index contributed by atoms with van der Waals surface area (Å²) < 4.78 is 25.5. The van der Waals surface area contributed by atoms with E-state index in [0.29, 0.717) is 10.8 Å². The summed E-state index contributed by atoms with van der Waals surface area (Å²) in [6, 6.07) is 14.5. The van der Waals surface area contributed by atoms with Gasteiger partial charge in [0, 0.05) is 25.5 Å². The highest BCUT2D eigenvalue weighted by atomic mass is 32.2. The van der Waals surface area contributed by atoms with E-state index >= 15 is 0 Å². The number of nitrogens with zero attached hydrogens (tertiary/aromatic N) is 1. The summed E-state index contributed by atoms with van der Waals surface area (Å²) in [5, 5.41) is 6.53. The first kappa shape index (κ1) is 18.4. The van der Waals surface area contributed by atoms with E-state index in [1.807, 2.05) is 18.2 Å². The minimum Gasteiger partial charge on any atom is -0.332 e. The lowest BCUT2D eigenvalue weighted by Crippen LogP contribution is -2.23. The summed E-state index contributed by atoms with van der Waals surface area (Å²) in [6.07, 6.45) is 0.945. The number of rotatable bonds is 5. The zero-order valence-corrected chi connectivity index (χ0v) is 15.5. The predicted octanol–water partition coefficient (Wildman–Crippen LogP) is 3.31. The van der Waals surface area contributed by atoms with Gasteiger partial charge in [0.15, 0.2) is 5.11 Å². The normalized spacial score (nSPS) is 11.3. The van der Waals surface area contributed by atoms with Gasteiger partial charge in [-0.2, -0.15) is 0 Å². The van der Waals surface area contributed by atoms with Crippen LogP contribution in [0.4, 0.5) is 11.4 Å². The molecule has 0 bridgehead atoms. The summed E-state index contributed by atoms with van der Waals surface area (Å²) in [7, 11) is -0.469. The summed E-state index contributed by atoms with van der Waals surface area (Å²) in [5.41, 5.74) is 2.72. The maximum absolute atomic E-state index is 12.2. The van der Waals surface area contributed by atoms with Crippen LogP contribution in [-0.2, 0) is 16.4 Å². The second-order valence-electron chi connectivity index (χ2n) is 5.45. The van der Waals surface area contributed by atoms with Gasteiger partial charge in [-0.3, -0.25) is 0 Å². The minimum atomic E-state index is -3.47. The van der Waals surface area contributed by atoms with Crippen molar-refractivity contribution < 1.29 is 8.42 Å². The fourth-order valence-corrected chi connectivity index (χ4v) is 3.29. The van der Waals surface area contributed by atoms with Crippen molar-refractivity contribution in [3.8, 4) is 0 Å². The molecular formula is C17H21N3O2S2. The van der Waals surface area contributed by atoms with Crippen LogP contribution in [0.5, 0.6) is 0 Å². The molecular weight excluding hydrogens is 342 g/mol. The molecule has 5 nitrogen and oxygen atoms in total. The van der Waals surface area contributed by atoms with E-state index in [0.717, 1.165) is 12.1 Å². The maximum atomic E-state index is 12.2. The molecule has 0 aromatic heterocycles. The van der Waals surface area contributed by atoms with Crippen LogP contribution in [0, 0.1) is 0 Å². The van der Waals surface area contributed by atoms with E-state index in [4.69, 9.17) is 12.2 Å². The Morgan fingerprint density at radius 2 is 1.62 bits per heavy atom. The van der Waals surface area contributed by atoms with Gasteiger partial charge in [0.2, 0.25) is 10.0 Å². The lowest BCUT2D eigenvalue weighted by Gasteiger charge is -2.14. The molecule has 0 spiro atoms. The number of thiocarbonyl (C=S) groups is 1. The number of benzene rings is 2. The number of sulfonamides is 1. The van der Waals surface area contributed by atoms with Gasteiger partial charge in [-0.15, -0.1) is 0 Å². The molecule has 0 radical (unpaired) electrons. The minimum absolute atomic E-state index is 0.216. The zero-order chi connectivity index (χ0) is 17.7. The summed E-state index contributed by atoms with van der Waals surface area (Å²) >= 11 is 5.30. The topological polar surface area (TPSA) is 61.4 Å². The van der Waals surface area contributed by atoms with Crippen LogP contribution in [0.3, 0.4) is 0 Å². The van der Waals surface area contributed by atoms with Gasteiger partial charge in [-0.25, -0.2) is 12.7 Å². The average molecular weight is 364 g/mol. The SMILES string of the molecule is CCc1cccc(NC(=S)Nc2cccc(S(=O)(=O)N(C)C)c2)c1. The van der Waals surface area contributed by atoms with E-state index in [-0.39, 0.29) is 4.90 Å². The number of aryl methyl sites for hydroxylation is 1. The third-order valence-corrected chi connectivity index (χ3v) is 5.48. The molecule has 128 valence electrons. The molecule has 2 aromatic carbocycles. The summed E-state index contributed by atoms with van der Waals surface area (Å²) in [5.74, 6) is 0. The van der Waals surface area contributed by atoms with Crippen molar-refractivity contribution in [3.63, 3.8) is 0 Å². The molecule has 0 unspecified atom stereocenters. The van der Waals surface area contributed by atoms with Crippen molar-refractivity contribution in [2.24, 2.45) is 0 Å². The summed E-state index contributed by atoms with van der Waals surface area (Å²) in [6.45, 7) is 2.09. The second-order valence-corrected chi connectivity index (χ2v) is 8.01. The first-order chi connectivity index (χ1) is 11.3. The molecule has 0 saturated heterocycles. The summed E-state index contributed by atoms with van der Waals surface area (Å²) in [4.78, 5) is 0.216. The average Bonchev–Trinajstić information content (AvgIpc) is 2.55. The Balaban J connectivity index is 2.12. The van der Waals surface area contributed by atoms with Crippen molar-refractivity contribution in [2.45, 2.75) is 18.2 Å². The number of nitrogens with one attached hydrogen (secondary N) is 2. The molecule has 2 aromatic rings. The molecule has 0 amide bonds. The number of hydrogen-bond donors (Lipinski definition) is 2. The fourth-order valence-electron chi connectivity index (χ4n) is 2.11. The van der Waals surface area contributed by atoms with Crippen LogP contribution in [0.2, 0.25) is 0 Å². The van der Waals surface area contributed by atoms with Gasteiger partial charge in [0.1, 0.15) is 0 Å². The first-order valence-corrected chi connectivity index (χ1v) is 9.37. The van der Waals surface area contributed by atoms with Crippen molar-refractivity contribution in [2.75, 3.05) is 24.7 Å². The quantitative estimate of drug-likeness (QED) is 0.798. The Hall–Kier alpha value is -1.96. The molecule has 0 saturated carbocycles. The van der Waals surface area contributed by atoms with Crippen LogP contribution >= 0.6 is 12.2 Å². The lowest BCUT2D eigenvalue weighted by molar-refractivity contribution is 0.521. The monoisotopic (exact) mass is 363 g/mol. The molecule has 0 heterocycles. The number of anilines is 2. The van der Waals surface area contributed by atoms with E-state index in [1.54, 1.807) is 24.3 Å². The molecule has 0 aliphatic rings. The van der Waals surface area contributed by atoms with Gasteiger partial charge in [0.05, 0.1) is 4.90 Å². The fraction of sp³-hybridized carbons (Fsp3) is 0.235. The van der Waals surface area contributed by atoms with Gasteiger partial charge >= 0.3 is 0 Å². The van der Waals surface area contributed by atoms with Gasteiger partial charge in [0.25, 0.3) is 0 Å². The van der Waals surface area contributed by atoms with Crippen molar-refractivity contribution in [1.29, 1.82) is 0 Å². The largest absolute Gasteiger partial charge is 0.332 e. The van der Waals surface area contributed by atoms with Crippen molar-refractivity contribution in [3.05, 3.63) is 54.1 Å². The highest BCUT2D eigenvalue weighted by Crippen LogP contribution is 2.18. The van der Waals surface area contributed by atoms with Gasteiger partial charge in [-0.05, 0) is 54.5 Å². The molecule has 0 aliphatic carbocycles. The Morgan fingerprint density at radius 3 is 2.21 bits per heavy atom. The number of hydrogen-bond acceptors (Lipinski definition) is 3. The van der Waals surface area contributed by atoms with Crippen LogP contribution < -0.4 is 10.6 Å². The Kier molecular flexibility index (Phi) is 5.93. The van der Waals surface area contributed by atoms with E-state index in [9.17, 15) is 8.42 Å². The third-order valence-electron chi connectivity index (χ3n) is 3.46. The molecule has 2 N–H and O–H groups in total. The molecule has 2 rings (SSSR count). The van der Waals surface area contributed by atoms with Crippen LogP contribution in [0.15, 0.2) is 53.4 Å². The second kappa shape index (κ2) is 7.74. The standard InChI is InChI=1S/C17H21N3O2S2/c1-4-13-7-5-8-14(11-13)18-17(23)19-15-9-6-10-16(12-15)24(21,22)20(2)3/h5-12H,4H2,1-3H3,(H2,18,19,23). The van der Waals surface area contributed by atoms with Crippen LogP contribution in [0.25, 0.3) is 0 Å². The Bertz CT molecular complexity index is 833. The Morgan fingerprint density at radius 1 is 1.04 bits per heavy atom. The molecule has 7 heteroatoms. The highest BCUT2D eigenvalue weighted by molar-refractivity contribution is 7.89. The first-order valence-electron chi connectivity index (χ1n) is 7.52. The van der Waals surface area contributed by atoms with E-state index in [2.05, 4.69) is 23.6 Å². The molecule has 24 heavy (non-hydrogen) atoms. The smallest absolute Gasteiger partial charge is 0.242 e. The lowest BCUT2D eigenvalue weighted by atomic mass is 10.1. The van der Waals surface area contributed by atoms with E-state index < -0.39 is 10.0 Å². The van der Waals surface area contributed by atoms with Crippen LogP contribution in [0.1, 0.15) is 12.5 Å². The van der Waals surface area contributed by atoms with Crippen molar-refractivity contribution >= 4 is 38.7 Å². The third kappa shape index (κ3) is 4.53. The maximum Gasteiger partial charge on any atom is 0.242 e. The van der Waals surface area contributed by atoms with E-state index in [1.165, 1.54) is 24.0 Å². The Labute approximate surface area is 148 Å². The van der Waals surface area contributed by atoms with Crippen molar-refractivity contribution in [1.82, 2.24) is 4.31 Å². The molecule has 0 atom stereocenters. The zero-order valence-electron chi connectivity index (χ0n) is 13.9.